The third kappa shape index (κ3) is 9.15. The summed E-state index contributed by atoms with van der Waals surface area (Å²) in [6.07, 6.45) is 0.0730. The minimum Gasteiger partial charge on any atom is -0.496 e. The number of ether oxygens (including phenoxy) is 8. The number of carbonyl (C=O) groups excluding carboxylic acids is 4. The summed E-state index contributed by atoms with van der Waals surface area (Å²) in [4.78, 5) is 66.2. The molecule has 6 aromatic carbocycles. The Morgan fingerprint density at radius 3 is 1.49 bits per heavy atom. The van der Waals surface area contributed by atoms with Gasteiger partial charge in [0.15, 0.2) is 34.6 Å². The standard InChI is InChI=1S/C49H40O14/c1-55-39-25-45(59-5)43(57-3)23-35(39)38(51)19-27-7-10-29(11-8-27)37(50)20-28-9-17-33-41(21-28)63-42-22-32(16-18-34(42)47(33)52)62-48(53)30-12-14-31(15-13-30)61-49(54)36-24-44(58-4)46(60-6)26-40(36)56-2/h7-18,21-26H,19-20H2,1-6H3. The van der Waals surface area contributed by atoms with Gasteiger partial charge in [0, 0.05) is 42.7 Å². The van der Waals surface area contributed by atoms with E-state index in [1.807, 2.05) is 0 Å². The van der Waals surface area contributed by atoms with Crippen LogP contribution in [0.4, 0.5) is 0 Å². The predicted molar refractivity (Wildman–Crippen MR) is 231 cm³/mol. The molecule has 7 aromatic rings. The average molecular weight is 853 g/mol. The van der Waals surface area contributed by atoms with Crippen molar-refractivity contribution < 1.29 is 61.5 Å². The fourth-order valence-electron chi connectivity index (χ4n) is 6.85. The highest BCUT2D eigenvalue weighted by atomic mass is 16.5. The number of methoxy groups -OCH3 is 6. The molecule has 1 heterocycles. The normalized spacial score (nSPS) is 10.8. The Labute approximate surface area is 360 Å². The van der Waals surface area contributed by atoms with Crippen LogP contribution in [0.5, 0.6) is 46.0 Å². The van der Waals surface area contributed by atoms with E-state index < -0.39 is 11.9 Å². The number of fused-ring (bicyclic) bond motifs is 2. The van der Waals surface area contributed by atoms with Gasteiger partial charge in [-0.25, -0.2) is 9.59 Å². The number of esters is 2. The Morgan fingerprint density at radius 1 is 0.429 bits per heavy atom. The number of rotatable bonds is 16. The number of carbonyl (C=O) groups is 4. The van der Waals surface area contributed by atoms with E-state index in [9.17, 15) is 24.0 Å². The highest BCUT2D eigenvalue weighted by Gasteiger charge is 2.22. The maximum atomic E-state index is 13.5. The highest BCUT2D eigenvalue weighted by Crippen LogP contribution is 2.37. The molecule has 1 aromatic heterocycles. The molecule has 0 saturated heterocycles. The second-order valence-electron chi connectivity index (χ2n) is 13.9. The minimum atomic E-state index is -0.723. The maximum absolute atomic E-state index is 13.5. The molecule has 0 bridgehead atoms. The van der Waals surface area contributed by atoms with E-state index in [2.05, 4.69) is 0 Å². The van der Waals surface area contributed by atoms with Gasteiger partial charge in [0.05, 0.1) is 64.6 Å². The molecule has 0 unspecified atom stereocenters. The van der Waals surface area contributed by atoms with Crippen LogP contribution in [0.1, 0.15) is 52.6 Å². The zero-order chi connectivity index (χ0) is 44.8. The SMILES string of the molecule is COc1cc(OC)c(C(=O)Cc2ccc(C(=O)Cc3ccc4c(=O)c5ccc(OC(=O)c6ccc(OC(=O)c7cc(OC)c(OC)cc7OC)cc6)cc5oc4c3)cc2)cc1OC. The Hall–Kier alpha value is -8.13. The van der Waals surface area contributed by atoms with Crippen LogP contribution >= 0.6 is 0 Å². The van der Waals surface area contributed by atoms with Gasteiger partial charge in [-0.3, -0.25) is 14.4 Å². The van der Waals surface area contributed by atoms with Crippen LogP contribution in [0.25, 0.3) is 21.9 Å². The molecule has 0 saturated carbocycles. The number of hydrogen-bond donors (Lipinski definition) is 0. The van der Waals surface area contributed by atoms with Gasteiger partial charge in [-0.1, -0.05) is 30.3 Å². The zero-order valence-corrected chi connectivity index (χ0v) is 35.0. The first-order chi connectivity index (χ1) is 30.5. The first kappa shape index (κ1) is 43.0. The fraction of sp³-hybridized carbons (Fsp3) is 0.163. The molecule has 0 amide bonds. The molecule has 7 rings (SSSR count). The first-order valence-electron chi connectivity index (χ1n) is 19.3. The zero-order valence-electron chi connectivity index (χ0n) is 35.0. The number of hydrogen-bond acceptors (Lipinski definition) is 14. The minimum absolute atomic E-state index is 0.0128. The molecule has 63 heavy (non-hydrogen) atoms. The molecule has 14 heteroatoms. The summed E-state index contributed by atoms with van der Waals surface area (Å²) >= 11 is 0. The lowest BCUT2D eigenvalue weighted by atomic mass is 9.98. The van der Waals surface area contributed by atoms with Crippen molar-refractivity contribution in [3.05, 3.63) is 153 Å². The molecule has 0 aliphatic rings. The lowest BCUT2D eigenvalue weighted by molar-refractivity contribution is 0.0727. The van der Waals surface area contributed by atoms with Crippen LogP contribution < -0.4 is 43.3 Å². The van der Waals surface area contributed by atoms with Crippen molar-refractivity contribution in [2.75, 3.05) is 42.7 Å². The molecule has 14 nitrogen and oxygen atoms in total. The topological polar surface area (TPSA) is 172 Å². The van der Waals surface area contributed by atoms with Gasteiger partial charge in [0.2, 0.25) is 5.43 Å². The molecular weight excluding hydrogens is 813 g/mol. The molecular formula is C49H40O14. The number of ketones is 2. The van der Waals surface area contributed by atoms with Crippen LogP contribution in [0.15, 0.2) is 118 Å². The Bertz CT molecular complexity index is 2750. The maximum Gasteiger partial charge on any atom is 0.347 e. The average Bonchev–Trinajstić information content (AvgIpc) is 3.30. The van der Waals surface area contributed by atoms with Crippen molar-refractivity contribution in [1.82, 2.24) is 0 Å². The van der Waals surface area contributed by atoms with E-state index in [0.29, 0.717) is 56.4 Å². The summed E-state index contributed by atoms with van der Waals surface area (Å²) in [5, 5.41) is 0.584. The number of benzene rings is 6. The molecule has 0 aliphatic carbocycles. The second-order valence-corrected chi connectivity index (χ2v) is 13.9. The van der Waals surface area contributed by atoms with Crippen LogP contribution in [0.3, 0.4) is 0 Å². The Kier molecular flexibility index (Phi) is 12.7. The van der Waals surface area contributed by atoms with E-state index in [1.165, 1.54) is 97.3 Å². The van der Waals surface area contributed by atoms with E-state index in [1.54, 1.807) is 54.6 Å². The molecule has 0 aliphatic heterocycles. The van der Waals surface area contributed by atoms with Crippen molar-refractivity contribution in [2.24, 2.45) is 0 Å². The van der Waals surface area contributed by atoms with Crippen molar-refractivity contribution in [1.29, 1.82) is 0 Å². The Balaban J connectivity index is 1.01. The van der Waals surface area contributed by atoms with Gasteiger partial charge >= 0.3 is 11.9 Å². The highest BCUT2D eigenvalue weighted by molar-refractivity contribution is 6.02. The summed E-state index contributed by atoms with van der Waals surface area (Å²) < 4.78 is 49.2. The van der Waals surface area contributed by atoms with Crippen LogP contribution in [-0.4, -0.2) is 66.2 Å². The second kappa shape index (κ2) is 18.6. The van der Waals surface area contributed by atoms with Crippen molar-refractivity contribution >= 4 is 45.4 Å². The van der Waals surface area contributed by atoms with E-state index in [-0.39, 0.29) is 74.8 Å². The van der Waals surface area contributed by atoms with E-state index in [4.69, 9.17) is 42.3 Å². The largest absolute Gasteiger partial charge is 0.496 e. The molecule has 0 spiro atoms. The molecule has 0 N–H and O–H groups in total. The summed E-state index contributed by atoms with van der Waals surface area (Å²) in [7, 11) is 8.75. The van der Waals surface area contributed by atoms with Crippen LogP contribution in [-0.2, 0) is 12.8 Å². The van der Waals surface area contributed by atoms with Crippen molar-refractivity contribution in [3.63, 3.8) is 0 Å². The lowest BCUT2D eigenvalue weighted by Crippen LogP contribution is -2.12. The molecule has 0 radical (unpaired) electrons. The summed E-state index contributed by atoms with van der Waals surface area (Å²) in [5.41, 5.74) is 2.46. The Morgan fingerprint density at radius 2 is 0.889 bits per heavy atom. The van der Waals surface area contributed by atoms with Crippen molar-refractivity contribution in [3.8, 4) is 46.0 Å². The fourth-order valence-corrected chi connectivity index (χ4v) is 6.85. The summed E-state index contributed by atoms with van der Waals surface area (Å²) in [5.74, 6) is 0.530. The quantitative estimate of drug-likeness (QED) is 0.0393. The third-order valence-electron chi connectivity index (χ3n) is 10.2. The van der Waals surface area contributed by atoms with Gasteiger partial charge in [-0.2, -0.15) is 0 Å². The summed E-state index contributed by atoms with van der Waals surface area (Å²) in [6.45, 7) is 0. The lowest BCUT2D eigenvalue weighted by Gasteiger charge is -2.13. The monoisotopic (exact) mass is 852 g/mol. The predicted octanol–water partition coefficient (Wildman–Crippen LogP) is 8.29. The van der Waals surface area contributed by atoms with Gasteiger partial charge in [-0.15, -0.1) is 0 Å². The first-order valence-corrected chi connectivity index (χ1v) is 19.3. The van der Waals surface area contributed by atoms with Crippen LogP contribution in [0, 0.1) is 0 Å². The molecule has 0 atom stereocenters. The smallest absolute Gasteiger partial charge is 0.347 e. The van der Waals surface area contributed by atoms with Gasteiger partial charge < -0.3 is 42.3 Å². The van der Waals surface area contributed by atoms with Crippen LogP contribution in [0.2, 0.25) is 0 Å². The molecule has 0 fully saturated rings. The van der Waals surface area contributed by atoms with E-state index >= 15 is 0 Å². The van der Waals surface area contributed by atoms with Gasteiger partial charge in [0.1, 0.15) is 39.7 Å². The molecule has 320 valence electrons. The summed E-state index contributed by atoms with van der Waals surface area (Å²) in [6, 6.07) is 28.0. The third-order valence-corrected chi connectivity index (χ3v) is 10.2. The number of Topliss-reactive ketones (excluding diaryl/α,β-unsaturated/α-hetero) is 2. The van der Waals surface area contributed by atoms with Gasteiger partial charge in [-0.05, 0) is 65.7 Å². The van der Waals surface area contributed by atoms with E-state index in [0.717, 1.165) is 0 Å². The van der Waals surface area contributed by atoms with Crippen molar-refractivity contribution in [2.45, 2.75) is 12.8 Å². The van der Waals surface area contributed by atoms with Gasteiger partial charge in [0.25, 0.3) is 0 Å².